The van der Waals surface area contributed by atoms with Gasteiger partial charge in [-0.15, -0.1) is 0 Å². The maximum Gasteiger partial charge on any atom is 0.417 e. The Morgan fingerprint density at radius 2 is 1.71 bits per heavy atom. The van der Waals surface area contributed by atoms with Crippen molar-refractivity contribution in [3.8, 4) is 11.8 Å². The molecule has 2 rings (SSSR count). The molecule has 122 valence electrons. The molecule has 0 fully saturated rings. The lowest BCUT2D eigenvalue weighted by Gasteiger charge is -2.07. The summed E-state index contributed by atoms with van der Waals surface area (Å²) in [7, 11) is 1.16. The van der Waals surface area contributed by atoms with Crippen molar-refractivity contribution in [3.05, 3.63) is 65.0 Å². The number of carbonyl (C=O) groups excluding carboxylic acids is 2. The molecule has 7 heteroatoms. The van der Waals surface area contributed by atoms with Gasteiger partial charge in [-0.2, -0.15) is 13.2 Å². The van der Waals surface area contributed by atoms with Crippen LogP contribution in [0.4, 0.5) is 13.2 Å². The van der Waals surface area contributed by atoms with Crippen LogP contribution in [0.15, 0.2) is 42.5 Å². The quantitative estimate of drug-likeness (QED) is 0.481. The fourth-order valence-electron chi connectivity index (χ4n) is 1.81. The summed E-state index contributed by atoms with van der Waals surface area (Å²) in [6.45, 7) is 0. The SMILES string of the molecule is COC(=O)c1cccc(C(=O)C#Cc2ccccc2C(F)(F)F)n1. The van der Waals surface area contributed by atoms with E-state index in [9.17, 15) is 22.8 Å². The molecule has 0 aliphatic rings. The molecule has 0 radical (unpaired) electrons. The number of carbonyl (C=O) groups is 2. The van der Waals surface area contributed by atoms with E-state index >= 15 is 0 Å². The average Bonchev–Trinajstić information content (AvgIpc) is 2.58. The standard InChI is InChI=1S/C17H10F3NO3/c1-24-16(23)14-8-4-7-13(21-14)15(22)10-9-11-5-2-3-6-12(11)17(18,19)20/h2-8H,1H3. The first-order valence-corrected chi connectivity index (χ1v) is 6.61. The summed E-state index contributed by atoms with van der Waals surface area (Å²) in [6, 6.07) is 8.72. The monoisotopic (exact) mass is 333 g/mol. The Kier molecular flexibility index (Phi) is 4.99. The minimum absolute atomic E-state index is 0.0964. The molecule has 0 saturated carbocycles. The Morgan fingerprint density at radius 1 is 1.04 bits per heavy atom. The normalized spacial score (nSPS) is 10.5. The molecular weight excluding hydrogens is 323 g/mol. The third-order valence-electron chi connectivity index (χ3n) is 2.92. The van der Waals surface area contributed by atoms with Crippen LogP contribution in [0, 0.1) is 11.8 Å². The molecule has 0 atom stereocenters. The Hall–Kier alpha value is -3.14. The average molecular weight is 333 g/mol. The Balaban J connectivity index is 2.33. The van der Waals surface area contributed by atoms with Crippen LogP contribution < -0.4 is 0 Å². The number of halogens is 3. The van der Waals surface area contributed by atoms with Crippen molar-refractivity contribution in [2.75, 3.05) is 7.11 Å². The molecule has 0 aliphatic heterocycles. The van der Waals surface area contributed by atoms with Crippen LogP contribution >= 0.6 is 0 Å². The lowest BCUT2D eigenvalue weighted by molar-refractivity contribution is -0.137. The third-order valence-corrected chi connectivity index (χ3v) is 2.92. The highest BCUT2D eigenvalue weighted by Crippen LogP contribution is 2.31. The molecule has 0 amide bonds. The van der Waals surface area contributed by atoms with Crippen LogP contribution in [0.3, 0.4) is 0 Å². The van der Waals surface area contributed by atoms with E-state index < -0.39 is 23.5 Å². The molecule has 2 aromatic rings. The van der Waals surface area contributed by atoms with Crippen LogP contribution in [-0.2, 0) is 10.9 Å². The minimum Gasteiger partial charge on any atom is -0.464 e. The zero-order chi connectivity index (χ0) is 17.7. The Bertz CT molecular complexity index is 848. The molecule has 0 saturated heterocycles. The van der Waals surface area contributed by atoms with Gasteiger partial charge < -0.3 is 4.74 Å². The molecule has 0 unspecified atom stereocenters. The van der Waals surface area contributed by atoms with Gasteiger partial charge in [-0.25, -0.2) is 9.78 Å². The van der Waals surface area contributed by atoms with Gasteiger partial charge in [0.15, 0.2) is 0 Å². The van der Waals surface area contributed by atoms with Crippen molar-refractivity contribution >= 4 is 11.8 Å². The smallest absolute Gasteiger partial charge is 0.417 e. The predicted octanol–water partition coefficient (Wildman–Crippen LogP) is 3.12. The number of ether oxygens (including phenoxy) is 1. The lowest BCUT2D eigenvalue weighted by atomic mass is 10.1. The summed E-state index contributed by atoms with van der Waals surface area (Å²) in [6.07, 6.45) is -4.57. The van der Waals surface area contributed by atoms with Crippen molar-refractivity contribution < 1.29 is 27.5 Å². The summed E-state index contributed by atoms with van der Waals surface area (Å²) >= 11 is 0. The first-order chi connectivity index (χ1) is 11.3. The van der Waals surface area contributed by atoms with Crippen LogP contribution in [0.5, 0.6) is 0 Å². The molecule has 0 aliphatic carbocycles. The topological polar surface area (TPSA) is 56.3 Å². The molecular formula is C17H10F3NO3. The number of pyridine rings is 1. The second kappa shape index (κ2) is 6.96. The van der Waals surface area contributed by atoms with Gasteiger partial charge in [0.1, 0.15) is 11.4 Å². The van der Waals surface area contributed by atoms with Gasteiger partial charge in [-0.05, 0) is 30.2 Å². The fourth-order valence-corrected chi connectivity index (χ4v) is 1.81. The second-order valence-corrected chi connectivity index (χ2v) is 4.52. The lowest BCUT2D eigenvalue weighted by Crippen LogP contribution is -2.09. The first kappa shape index (κ1) is 17.2. The number of methoxy groups -OCH3 is 1. The van der Waals surface area contributed by atoms with Crippen LogP contribution in [0.2, 0.25) is 0 Å². The van der Waals surface area contributed by atoms with Crippen LogP contribution in [0.25, 0.3) is 0 Å². The van der Waals surface area contributed by atoms with Gasteiger partial charge in [-0.1, -0.05) is 24.1 Å². The van der Waals surface area contributed by atoms with Crippen LogP contribution in [0.1, 0.15) is 32.1 Å². The van der Waals surface area contributed by atoms with Crippen molar-refractivity contribution in [1.82, 2.24) is 4.98 Å². The fraction of sp³-hybridized carbons (Fsp3) is 0.118. The van der Waals surface area contributed by atoms with Crippen molar-refractivity contribution in [3.63, 3.8) is 0 Å². The number of ketones is 1. The predicted molar refractivity (Wildman–Crippen MR) is 78.2 cm³/mol. The number of nitrogens with zero attached hydrogens (tertiary/aromatic N) is 1. The Labute approximate surface area is 135 Å². The summed E-state index contributed by atoms with van der Waals surface area (Å²) < 4.78 is 43.1. The van der Waals surface area contributed by atoms with Gasteiger partial charge in [0.25, 0.3) is 5.78 Å². The van der Waals surface area contributed by atoms with E-state index in [-0.39, 0.29) is 17.0 Å². The van der Waals surface area contributed by atoms with Crippen molar-refractivity contribution in [2.24, 2.45) is 0 Å². The zero-order valence-electron chi connectivity index (χ0n) is 12.3. The molecule has 0 bridgehead atoms. The molecule has 0 spiro atoms. The number of hydrogen-bond donors (Lipinski definition) is 0. The highest BCUT2D eigenvalue weighted by Gasteiger charge is 2.32. The highest BCUT2D eigenvalue weighted by atomic mass is 19.4. The zero-order valence-corrected chi connectivity index (χ0v) is 12.3. The number of rotatable bonds is 2. The van der Waals surface area contributed by atoms with Gasteiger partial charge in [0.05, 0.1) is 12.7 Å². The molecule has 1 heterocycles. The van der Waals surface area contributed by atoms with Crippen LogP contribution in [-0.4, -0.2) is 23.8 Å². The summed E-state index contributed by atoms with van der Waals surface area (Å²) in [5, 5.41) is 0. The van der Waals surface area contributed by atoms with E-state index in [1.54, 1.807) is 0 Å². The van der Waals surface area contributed by atoms with Crippen molar-refractivity contribution in [1.29, 1.82) is 0 Å². The molecule has 24 heavy (non-hydrogen) atoms. The van der Waals surface area contributed by atoms with Crippen molar-refractivity contribution in [2.45, 2.75) is 6.18 Å². The van der Waals surface area contributed by atoms with E-state index in [0.29, 0.717) is 0 Å². The van der Waals surface area contributed by atoms with Gasteiger partial charge in [-0.3, -0.25) is 4.79 Å². The molecule has 0 N–H and O–H groups in total. The van der Waals surface area contributed by atoms with E-state index in [4.69, 9.17) is 0 Å². The molecule has 4 nitrogen and oxygen atoms in total. The van der Waals surface area contributed by atoms with E-state index in [2.05, 4.69) is 21.6 Å². The minimum atomic E-state index is -4.57. The van der Waals surface area contributed by atoms with Gasteiger partial charge in [0, 0.05) is 5.56 Å². The maximum atomic E-state index is 12.9. The third kappa shape index (κ3) is 3.98. The summed E-state index contributed by atoms with van der Waals surface area (Å²) in [4.78, 5) is 27.1. The number of benzene rings is 1. The first-order valence-electron chi connectivity index (χ1n) is 6.61. The van der Waals surface area contributed by atoms with Gasteiger partial charge >= 0.3 is 12.1 Å². The second-order valence-electron chi connectivity index (χ2n) is 4.52. The van der Waals surface area contributed by atoms with Gasteiger partial charge in [0.2, 0.25) is 0 Å². The number of alkyl halides is 3. The van der Waals surface area contributed by atoms with E-state index in [0.717, 1.165) is 13.2 Å². The summed E-state index contributed by atoms with van der Waals surface area (Å²) in [5.74, 6) is 2.77. The number of esters is 1. The number of hydrogen-bond acceptors (Lipinski definition) is 4. The van der Waals surface area contributed by atoms with E-state index in [1.807, 2.05) is 0 Å². The Morgan fingerprint density at radius 3 is 2.38 bits per heavy atom. The molecule has 1 aromatic carbocycles. The number of aromatic nitrogens is 1. The largest absolute Gasteiger partial charge is 0.464 e. The van der Waals surface area contributed by atoms with E-state index in [1.165, 1.54) is 36.4 Å². The maximum absolute atomic E-state index is 12.9. The summed E-state index contributed by atoms with van der Waals surface area (Å²) in [5.41, 5.74) is -1.50. The highest BCUT2D eigenvalue weighted by molar-refractivity contribution is 6.08. The number of Topliss-reactive ketones (excluding diaryl/α,β-unsaturated/α-hetero) is 1. The molecule has 1 aromatic heterocycles.